The third-order valence-electron chi connectivity index (χ3n) is 5.88. The summed E-state index contributed by atoms with van der Waals surface area (Å²) in [6.45, 7) is 2.76. The first kappa shape index (κ1) is 22.3. The third kappa shape index (κ3) is 4.23. The number of sulfonamides is 1. The van der Waals surface area contributed by atoms with Crippen molar-refractivity contribution in [1.29, 1.82) is 0 Å². The van der Waals surface area contributed by atoms with Gasteiger partial charge in [0.1, 0.15) is 0 Å². The fourth-order valence-electron chi connectivity index (χ4n) is 4.18. The van der Waals surface area contributed by atoms with Gasteiger partial charge in [-0.3, -0.25) is 0 Å². The number of benzene rings is 2. The lowest BCUT2D eigenvalue weighted by Crippen LogP contribution is -2.32. The van der Waals surface area contributed by atoms with Crippen molar-refractivity contribution in [2.24, 2.45) is 0 Å². The second-order valence-corrected chi connectivity index (χ2v) is 10.7. The molecule has 2 aromatic carbocycles. The highest BCUT2D eigenvalue weighted by Gasteiger charge is 2.23. The molecule has 2 aromatic heterocycles. The van der Waals surface area contributed by atoms with Gasteiger partial charge in [0, 0.05) is 29.5 Å². The second-order valence-electron chi connectivity index (χ2n) is 8.15. The van der Waals surface area contributed by atoms with E-state index in [1.807, 2.05) is 42.7 Å². The Labute approximate surface area is 196 Å². The zero-order chi connectivity index (χ0) is 23.0. The van der Waals surface area contributed by atoms with Crippen LogP contribution in [0.2, 0.25) is 0 Å². The molecule has 0 amide bonds. The topological polar surface area (TPSA) is 98.5 Å². The summed E-state index contributed by atoms with van der Waals surface area (Å²) >= 11 is 1.64. The zero-order valence-corrected chi connectivity index (χ0v) is 20.1. The van der Waals surface area contributed by atoms with Crippen LogP contribution in [0.3, 0.4) is 0 Å². The van der Waals surface area contributed by atoms with Gasteiger partial charge in [-0.05, 0) is 37.7 Å². The van der Waals surface area contributed by atoms with Crippen LogP contribution in [0.25, 0.3) is 27.7 Å². The van der Waals surface area contributed by atoms with E-state index in [-0.39, 0.29) is 17.5 Å². The first-order valence-corrected chi connectivity index (χ1v) is 13.7. The number of nitrogens with one attached hydrogen (secondary N) is 1. The van der Waals surface area contributed by atoms with Crippen LogP contribution in [0.4, 0.5) is 0 Å². The quantitative estimate of drug-likeness (QED) is 0.429. The summed E-state index contributed by atoms with van der Waals surface area (Å²) < 4.78 is 36.4. The summed E-state index contributed by atoms with van der Waals surface area (Å²) in [5.41, 5.74) is 2.78. The van der Waals surface area contributed by atoms with Crippen LogP contribution in [0.1, 0.15) is 24.2 Å². The van der Waals surface area contributed by atoms with Crippen LogP contribution in [-0.4, -0.2) is 53.7 Å². The fraction of sp³-hybridized carbons (Fsp3) is 0.348. The van der Waals surface area contributed by atoms with E-state index in [0.29, 0.717) is 29.3 Å². The molecule has 1 N–H and O–H groups in total. The fourth-order valence-corrected chi connectivity index (χ4v) is 5.95. The van der Waals surface area contributed by atoms with E-state index < -0.39 is 10.0 Å². The Bertz CT molecular complexity index is 1430. The second kappa shape index (κ2) is 9.02. The normalized spacial score (nSPS) is 16.7. The lowest BCUT2D eigenvalue weighted by atomic mass is 10.0. The zero-order valence-electron chi connectivity index (χ0n) is 18.5. The van der Waals surface area contributed by atoms with Crippen molar-refractivity contribution in [3.05, 3.63) is 53.9 Å². The molecule has 8 nitrogen and oxygen atoms in total. The molecule has 0 radical (unpaired) electrons. The minimum absolute atomic E-state index is 0.0696. The van der Waals surface area contributed by atoms with Crippen molar-refractivity contribution >= 4 is 38.2 Å². The number of ether oxygens (including phenoxy) is 1. The Kier molecular flexibility index (Phi) is 6.09. The summed E-state index contributed by atoms with van der Waals surface area (Å²) in [5.74, 6) is 1.43. The van der Waals surface area contributed by atoms with Gasteiger partial charge in [0.25, 0.3) is 0 Å². The molecule has 0 spiro atoms. The van der Waals surface area contributed by atoms with Crippen molar-refractivity contribution in [2.45, 2.75) is 36.5 Å². The predicted octanol–water partition coefficient (Wildman–Crippen LogP) is 3.57. The molecule has 3 heterocycles. The van der Waals surface area contributed by atoms with Crippen LogP contribution in [-0.2, 0) is 20.5 Å². The van der Waals surface area contributed by atoms with Crippen LogP contribution >= 0.6 is 11.8 Å². The Hall–Kier alpha value is -2.53. The van der Waals surface area contributed by atoms with Crippen molar-refractivity contribution in [2.75, 3.05) is 19.4 Å². The molecule has 1 aliphatic heterocycles. The summed E-state index contributed by atoms with van der Waals surface area (Å²) in [5, 5.41) is 15.3. The lowest BCUT2D eigenvalue weighted by Gasteiger charge is -2.14. The number of nitrogens with zero attached hydrogens (tertiary/aromatic N) is 4. The largest absolute Gasteiger partial charge is 0.377 e. The predicted molar refractivity (Wildman–Crippen MR) is 130 cm³/mol. The Balaban J connectivity index is 1.61. The highest BCUT2D eigenvalue weighted by atomic mass is 32.2. The molecular weight excluding hydrogens is 458 g/mol. The minimum Gasteiger partial charge on any atom is -0.377 e. The van der Waals surface area contributed by atoms with Gasteiger partial charge in [0.15, 0.2) is 11.5 Å². The number of hydrogen-bond acceptors (Lipinski definition) is 7. The number of aromatic nitrogens is 4. The van der Waals surface area contributed by atoms with Gasteiger partial charge in [-0.2, -0.15) is 21.4 Å². The van der Waals surface area contributed by atoms with Crippen LogP contribution in [0, 0.1) is 6.92 Å². The van der Waals surface area contributed by atoms with Gasteiger partial charge in [0.2, 0.25) is 10.0 Å². The average molecular weight is 484 g/mol. The maximum atomic E-state index is 13.2. The SMILES string of the molecule is CSCc1nnc2c3ccccc3c(-c3ccc(C)c(S(=O)(=O)NC[C@H]4CCCO4)c3)nn12. The maximum absolute atomic E-state index is 13.2. The van der Waals surface area contributed by atoms with E-state index in [1.54, 1.807) is 29.3 Å². The van der Waals surface area contributed by atoms with Crippen molar-refractivity contribution in [3.63, 3.8) is 0 Å². The molecule has 33 heavy (non-hydrogen) atoms. The van der Waals surface area contributed by atoms with E-state index in [9.17, 15) is 8.42 Å². The van der Waals surface area contributed by atoms with Crippen LogP contribution in [0.15, 0.2) is 47.4 Å². The Morgan fingerprint density at radius 1 is 1.18 bits per heavy atom. The standard InChI is InChI=1S/C23H25N5O3S2/c1-15-9-10-16(12-20(15)33(29,30)24-13-17-6-5-11-31-17)22-18-7-3-4-8-19(18)23-26-25-21(14-32-2)28(23)27-22/h3-4,7-10,12,17,24H,5-6,11,13-14H2,1-2H3/t17-/m1/s1. The van der Waals surface area contributed by atoms with E-state index >= 15 is 0 Å². The molecule has 5 rings (SSSR count). The van der Waals surface area contributed by atoms with Gasteiger partial charge in [-0.1, -0.05) is 36.4 Å². The first-order valence-electron chi connectivity index (χ1n) is 10.8. The molecule has 0 unspecified atom stereocenters. The number of rotatable bonds is 7. The summed E-state index contributed by atoms with van der Waals surface area (Å²) in [6, 6.07) is 13.3. The molecule has 1 fully saturated rings. The van der Waals surface area contributed by atoms with E-state index in [0.717, 1.165) is 35.0 Å². The van der Waals surface area contributed by atoms with Gasteiger partial charge < -0.3 is 4.74 Å². The Morgan fingerprint density at radius 3 is 2.76 bits per heavy atom. The highest BCUT2D eigenvalue weighted by molar-refractivity contribution is 7.97. The van der Waals surface area contributed by atoms with E-state index in [4.69, 9.17) is 9.84 Å². The summed E-state index contributed by atoms with van der Waals surface area (Å²) in [7, 11) is -3.70. The summed E-state index contributed by atoms with van der Waals surface area (Å²) in [4.78, 5) is 0.247. The van der Waals surface area contributed by atoms with Crippen LogP contribution < -0.4 is 4.72 Å². The summed E-state index contributed by atoms with van der Waals surface area (Å²) in [6.07, 6.45) is 3.77. The lowest BCUT2D eigenvalue weighted by molar-refractivity contribution is 0.114. The molecule has 1 saturated heterocycles. The molecule has 172 valence electrons. The highest BCUT2D eigenvalue weighted by Crippen LogP contribution is 2.31. The first-order chi connectivity index (χ1) is 16.0. The van der Waals surface area contributed by atoms with Gasteiger partial charge in [-0.25, -0.2) is 13.1 Å². The number of hydrogen-bond donors (Lipinski definition) is 1. The van der Waals surface area contributed by atoms with Crippen LogP contribution in [0.5, 0.6) is 0 Å². The molecule has 1 atom stereocenters. The molecular formula is C23H25N5O3S2. The van der Waals surface area contributed by atoms with Crippen molar-refractivity contribution < 1.29 is 13.2 Å². The molecule has 0 aliphatic carbocycles. The van der Waals surface area contributed by atoms with Gasteiger partial charge in [-0.15, -0.1) is 10.2 Å². The van der Waals surface area contributed by atoms with E-state index in [1.165, 1.54) is 0 Å². The van der Waals surface area contributed by atoms with E-state index in [2.05, 4.69) is 14.9 Å². The molecule has 1 aliphatic rings. The monoisotopic (exact) mass is 483 g/mol. The number of aryl methyl sites for hydroxylation is 1. The average Bonchev–Trinajstić information content (AvgIpc) is 3.48. The molecule has 0 bridgehead atoms. The molecule has 10 heteroatoms. The Morgan fingerprint density at radius 2 is 2.00 bits per heavy atom. The maximum Gasteiger partial charge on any atom is 0.240 e. The smallest absolute Gasteiger partial charge is 0.240 e. The van der Waals surface area contributed by atoms with Gasteiger partial charge >= 0.3 is 0 Å². The number of thioether (sulfide) groups is 1. The third-order valence-corrected chi connectivity index (χ3v) is 7.99. The number of fused-ring (bicyclic) bond motifs is 3. The van der Waals surface area contributed by atoms with Gasteiger partial charge in [0.05, 0.1) is 22.4 Å². The minimum atomic E-state index is -3.70. The van der Waals surface area contributed by atoms with Crippen molar-refractivity contribution in [3.8, 4) is 11.3 Å². The molecule has 0 saturated carbocycles. The molecule has 4 aromatic rings. The van der Waals surface area contributed by atoms with Crippen molar-refractivity contribution in [1.82, 2.24) is 24.5 Å².